The maximum atomic E-state index is 6.43. The Morgan fingerprint density at radius 1 is 0.970 bits per heavy atom. The highest BCUT2D eigenvalue weighted by atomic mass is 79.9. The van der Waals surface area contributed by atoms with E-state index in [1.54, 1.807) is 6.33 Å². The summed E-state index contributed by atoms with van der Waals surface area (Å²) in [7, 11) is 0. The lowest BCUT2D eigenvalue weighted by molar-refractivity contribution is -0.0341. The van der Waals surface area contributed by atoms with Crippen molar-refractivity contribution in [3.05, 3.63) is 75.3 Å². The molecule has 2 aromatic carbocycles. The number of hydrogen-bond acceptors (Lipinski definition) is 6. The van der Waals surface area contributed by atoms with Crippen LogP contribution in [-0.4, -0.2) is 38.3 Å². The smallest absolute Gasteiger partial charge is 0.199 e. The van der Waals surface area contributed by atoms with Gasteiger partial charge in [0.1, 0.15) is 46.7 Å². The van der Waals surface area contributed by atoms with Crippen LogP contribution in [0.2, 0.25) is 0 Å². The van der Waals surface area contributed by atoms with Crippen LogP contribution in [0.1, 0.15) is 23.8 Å². The Labute approximate surface area is 208 Å². The summed E-state index contributed by atoms with van der Waals surface area (Å²) in [6.07, 6.45) is 1.58. The molecule has 0 aliphatic carbocycles. The summed E-state index contributed by atoms with van der Waals surface area (Å²) in [5.41, 5.74) is 3.73. The number of aryl methyl sites for hydroxylation is 2. The third kappa shape index (κ3) is 4.90. The van der Waals surface area contributed by atoms with E-state index in [-0.39, 0.29) is 18.4 Å². The third-order valence-corrected chi connectivity index (χ3v) is 6.49. The van der Waals surface area contributed by atoms with Crippen molar-refractivity contribution in [2.24, 2.45) is 0 Å². The number of hydrogen-bond donors (Lipinski definition) is 0. The SMILES string of the molecule is Cc1ccc(OC[C@@H]2O[C@@H](n3cnc4c(Br)nc(Br)nc43)C[C@H]2Oc2ccc(C)cc2)cc1. The molecule has 7 nitrogen and oxygen atoms in total. The second-order valence-electron chi connectivity index (χ2n) is 8.07. The first-order valence-corrected chi connectivity index (χ1v) is 12.2. The summed E-state index contributed by atoms with van der Waals surface area (Å²) in [4.78, 5) is 13.2. The van der Waals surface area contributed by atoms with E-state index in [2.05, 4.69) is 60.7 Å². The highest BCUT2D eigenvalue weighted by Gasteiger charge is 2.39. The zero-order valence-corrected chi connectivity index (χ0v) is 21.3. The monoisotopic (exact) mass is 572 g/mol. The molecule has 5 rings (SSSR count). The minimum Gasteiger partial charge on any atom is -0.491 e. The average Bonchev–Trinajstić information content (AvgIpc) is 3.39. The van der Waals surface area contributed by atoms with Crippen LogP contribution in [0.4, 0.5) is 0 Å². The summed E-state index contributed by atoms with van der Waals surface area (Å²) in [5, 5.41) is 0. The summed E-state index contributed by atoms with van der Waals surface area (Å²) in [5.74, 6) is 1.61. The van der Waals surface area contributed by atoms with Gasteiger partial charge in [-0.3, -0.25) is 4.57 Å². The van der Waals surface area contributed by atoms with Crippen molar-refractivity contribution in [2.45, 2.75) is 38.7 Å². The van der Waals surface area contributed by atoms with Gasteiger partial charge in [0.2, 0.25) is 0 Å². The lowest BCUT2D eigenvalue weighted by Gasteiger charge is -2.20. The van der Waals surface area contributed by atoms with E-state index in [1.165, 1.54) is 11.1 Å². The number of aromatic nitrogens is 4. The van der Waals surface area contributed by atoms with E-state index in [1.807, 2.05) is 53.1 Å². The van der Waals surface area contributed by atoms with Gasteiger partial charge in [-0.2, -0.15) is 0 Å². The van der Waals surface area contributed by atoms with Gasteiger partial charge in [-0.1, -0.05) is 35.4 Å². The van der Waals surface area contributed by atoms with Gasteiger partial charge < -0.3 is 14.2 Å². The van der Waals surface area contributed by atoms with Gasteiger partial charge in [0, 0.05) is 6.42 Å². The molecule has 3 atom stereocenters. The summed E-state index contributed by atoms with van der Waals surface area (Å²) in [6.45, 7) is 4.47. The van der Waals surface area contributed by atoms with Crippen molar-refractivity contribution in [1.29, 1.82) is 0 Å². The van der Waals surface area contributed by atoms with Crippen LogP contribution >= 0.6 is 31.9 Å². The molecule has 3 heterocycles. The lowest BCUT2D eigenvalue weighted by Crippen LogP contribution is -2.32. The van der Waals surface area contributed by atoms with Crippen molar-refractivity contribution in [1.82, 2.24) is 19.5 Å². The fraction of sp³-hybridized carbons (Fsp3) is 0.292. The molecule has 1 aliphatic rings. The quantitative estimate of drug-likeness (QED) is 0.215. The van der Waals surface area contributed by atoms with E-state index >= 15 is 0 Å². The molecule has 1 aliphatic heterocycles. The normalized spacial score (nSPS) is 20.3. The van der Waals surface area contributed by atoms with E-state index in [0.717, 1.165) is 11.5 Å². The minimum absolute atomic E-state index is 0.200. The average molecular weight is 574 g/mol. The fourth-order valence-electron chi connectivity index (χ4n) is 3.82. The Morgan fingerprint density at radius 2 is 1.64 bits per heavy atom. The third-order valence-electron chi connectivity index (χ3n) is 5.59. The zero-order chi connectivity index (χ0) is 22.9. The topological polar surface area (TPSA) is 71.3 Å². The molecule has 0 saturated carbocycles. The molecule has 1 fully saturated rings. The Hall–Kier alpha value is -2.49. The van der Waals surface area contributed by atoms with Gasteiger partial charge in [0.15, 0.2) is 10.4 Å². The van der Waals surface area contributed by atoms with Crippen LogP contribution < -0.4 is 9.47 Å². The van der Waals surface area contributed by atoms with Crippen molar-refractivity contribution < 1.29 is 14.2 Å². The molecule has 2 aromatic heterocycles. The molecular weight excluding hydrogens is 552 g/mol. The van der Waals surface area contributed by atoms with E-state index in [4.69, 9.17) is 14.2 Å². The van der Waals surface area contributed by atoms with Crippen LogP contribution in [0, 0.1) is 13.8 Å². The van der Waals surface area contributed by atoms with Gasteiger partial charge in [0.25, 0.3) is 0 Å². The van der Waals surface area contributed by atoms with Crippen molar-refractivity contribution in [3.63, 3.8) is 0 Å². The molecule has 0 unspecified atom stereocenters. The van der Waals surface area contributed by atoms with Gasteiger partial charge in [-0.15, -0.1) is 0 Å². The van der Waals surface area contributed by atoms with E-state index in [0.29, 0.717) is 33.5 Å². The second-order valence-corrected chi connectivity index (χ2v) is 9.53. The molecular formula is C24H22Br2N4O3. The minimum atomic E-state index is -0.300. The summed E-state index contributed by atoms with van der Waals surface area (Å²) >= 11 is 6.82. The summed E-state index contributed by atoms with van der Waals surface area (Å²) < 4.78 is 21.9. The molecule has 4 aromatic rings. The summed E-state index contributed by atoms with van der Waals surface area (Å²) in [6, 6.07) is 16.0. The first-order chi connectivity index (χ1) is 16.0. The Balaban J connectivity index is 1.40. The number of fused-ring (bicyclic) bond motifs is 1. The van der Waals surface area contributed by atoms with E-state index in [9.17, 15) is 0 Å². The van der Waals surface area contributed by atoms with Gasteiger partial charge >= 0.3 is 0 Å². The van der Waals surface area contributed by atoms with Gasteiger partial charge in [0.05, 0.1) is 6.33 Å². The standard InChI is InChI=1S/C24H22Br2N4O3/c1-14-3-7-16(8-4-14)31-12-19-18(32-17-9-5-15(2)6-10-17)11-20(33-19)30-13-27-21-22(25)28-24(26)29-23(21)30/h3-10,13,18-20H,11-12H2,1-2H3/t18-,19+,20-/m1/s1. The highest BCUT2D eigenvalue weighted by molar-refractivity contribution is 9.11. The number of benzene rings is 2. The lowest BCUT2D eigenvalue weighted by atomic mass is 10.1. The molecule has 0 N–H and O–H groups in total. The fourth-order valence-corrected chi connectivity index (χ4v) is 4.85. The molecule has 0 bridgehead atoms. The molecule has 33 heavy (non-hydrogen) atoms. The molecule has 170 valence electrons. The van der Waals surface area contributed by atoms with Crippen LogP contribution in [0.5, 0.6) is 11.5 Å². The molecule has 9 heteroatoms. The molecule has 0 spiro atoms. The van der Waals surface area contributed by atoms with Crippen LogP contribution in [0.15, 0.2) is 64.2 Å². The van der Waals surface area contributed by atoms with Gasteiger partial charge in [-0.25, -0.2) is 15.0 Å². The van der Waals surface area contributed by atoms with Crippen LogP contribution in [0.25, 0.3) is 11.2 Å². The second kappa shape index (κ2) is 9.40. The van der Waals surface area contributed by atoms with Crippen LogP contribution in [0.3, 0.4) is 0 Å². The molecule has 0 amide bonds. The first kappa shape index (κ1) is 22.3. The number of ether oxygens (including phenoxy) is 3. The number of nitrogens with zero attached hydrogens (tertiary/aromatic N) is 4. The van der Waals surface area contributed by atoms with Crippen LogP contribution in [-0.2, 0) is 4.74 Å². The Morgan fingerprint density at radius 3 is 2.33 bits per heavy atom. The van der Waals surface area contributed by atoms with Crippen molar-refractivity contribution >= 4 is 43.0 Å². The number of halogens is 2. The predicted octanol–water partition coefficient (Wildman–Crippen LogP) is 5.78. The molecule has 1 saturated heterocycles. The number of imidazole rings is 1. The highest BCUT2D eigenvalue weighted by Crippen LogP contribution is 2.35. The maximum absolute atomic E-state index is 6.43. The Kier molecular flexibility index (Phi) is 6.36. The molecule has 0 radical (unpaired) electrons. The van der Waals surface area contributed by atoms with Crippen molar-refractivity contribution in [3.8, 4) is 11.5 Å². The largest absolute Gasteiger partial charge is 0.491 e. The Bertz CT molecular complexity index is 1260. The maximum Gasteiger partial charge on any atom is 0.199 e. The van der Waals surface area contributed by atoms with Crippen molar-refractivity contribution in [2.75, 3.05) is 6.61 Å². The first-order valence-electron chi connectivity index (χ1n) is 10.6. The predicted molar refractivity (Wildman–Crippen MR) is 132 cm³/mol. The van der Waals surface area contributed by atoms with E-state index < -0.39 is 0 Å². The number of rotatable bonds is 6. The van der Waals surface area contributed by atoms with Gasteiger partial charge in [-0.05, 0) is 70.0 Å². The zero-order valence-electron chi connectivity index (χ0n) is 18.1.